The molecule has 0 saturated heterocycles. The summed E-state index contributed by atoms with van der Waals surface area (Å²) in [6.07, 6.45) is 8.14. The van der Waals surface area contributed by atoms with E-state index in [-0.39, 0.29) is 17.6 Å². The van der Waals surface area contributed by atoms with Crippen LogP contribution in [0.25, 0.3) is 12.2 Å². The minimum atomic E-state index is -0.244. The third-order valence-electron chi connectivity index (χ3n) is 3.53. The molecular weight excluding hydrogens is 348 g/mol. The number of rotatable bonds is 9. The number of hydrogen-bond acceptors (Lipinski definition) is 5. The van der Waals surface area contributed by atoms with Crippen LogP contribution < -0.4 is 15.4 Å². The number of nitrogens with one attached hydrogen (secondary N) is 2. The molecule has 0 fully saturated rings. The minimum Gasteiger partial charge on any atom is -0.504 e. The molecule has 0 bridgehead atoms. The molecule has 0 aliphatic rings. The van der Waals surface area contributed by atoms with E-state index in [1.807, 2.05) is 0 Å². The van der Waals surface area contributed by atoms with Gasteiger partial charge in [-0.15, -0.1) is 0 Å². The molecule has 1 heterocycles. The Balaban J connectivity index is 1.63. The Morgan fingerprint density at radius 2 is 1.81 bits per heavy atom. The molecule has 0 unspecified atom stereocenters. The van der Waals surface area contributed by atoms with Crippen molar-refractivity contribution in [3.63, 3.8) is 0 Å². The molecule has 2 aromatic rings. The van der Waals surface area contributed by atoms with Crippen molar-refractivity contribution < 1.29 is 23.8 Å². The highest BCUT2D eigenvalue weighted by molar-refractivity contribution is 5.92. The number of benzene rings is 1. The maximum absolute atomic E-state index is 11.8. The van der Waals surface area contributed by atoms with Crippen LogP contribution in [0.1, 0.15) is 17.7 Å². The number of aromatic hydroxyl groups is 1. The Morgan fingerprint density at radius 3 is 2.44 bits per heavy atom. The third-order valence-corrected chi connectivity index (χ3v) is 3.53. The summed E-state index contributed by atoms with van der Waals surface area (Å²) in [7, 11) is 1.46. The molecule has 0 saturated carbocycles. The van der Waals surface area contributed by atoms with E-state index in [9.17, 15) is 14.7 Å². The van der Waals surface area contributed by atoms with Crippen molar-refractivity contribution >= 4 is 24.0 Å². The zero-order chi connectivity index (χ0) is 19.5. The zero-order valence-electron chi connectivity index (χ0n) is 15.0. The van der Waals surface area contributed by atoms with E-state index >= 15 is 0 Å². The number of amides is 2. The van der Waals surface area contributed by atoms with E-state index in [2.05, 4.69) is 10.6 Å². The van der Waals surface area contributed by atoms with Crippen LogP contribution in [-0.2, 0) is 9.59 Å². The van der Waals surface area contributed by atoms with Crippen molar-refractivity contribution in [3.05, 3.63) is 60.1 Å². The monoisotopic (exact) mass is 370 g/mol. The van der Waals surface area contributed by atoms with E-state index in [4.69, 9.17) is 9.15 Å². The SMILES string of the molecule is COc1cc(C=CC(=O)NCCCNC(=O)C=Cc2ccco2)ccc1O. The molecule has 7 nitrogen and oxygen atoms in total. The highest BCUT2D eigenvalue weighted by Gasteiger charge is 2.01. The lowest BCUT2D eigenvalue weighted by Crippen LogP contribution is -2.28. The van der Waals surface area contributed by atoms with Gasteiger partial charge in [0.05, 0.1) is 13.4 Å². The average molecular weight is 370 g/mol. The van der Waals surface area contributed by atoms with Crippen LogP contribution >= 0.6 is 0 Å². The van der Waals surface area contributed by atoms with E-state index in [1.165, 1.54) is 31.6 Å². The summed E-state index contributed by atoms with van der Waals surface area (Å²) in [4.78, 5) is 23.4. The Hall–Kier alpha value is -3.48. The molecular formula is C20H22N2O5. The van der Waals surface area contributed by atoms with Crippen molar-refractivity contribution in [2.24, 2.45) is 0 Å². The Kier molecular flexibility index (Phi) is 7.71. The first-order chi connectivity index (χ1) is 13.1. The summed E-state index contributed by atoms with van der Waals surface area (Å²) >= 11 is 0. The number of phenolic OH excluding ortho intramolecular Hbond substituents is 1. The van der Waals surface area contributed by atoms with Crippen LogP contribution in [0.4, 0.5) is 0 Å². The van der Waals surface area contributed by atoms with E-state index in [1.54, 1.807) is 36.4 Å². The van der Waals surface area contributed by atoms with Crippen molar-refractivity contribution in [2.45, 2.75) is 6.42 Å². The van der Waals surface area contributed by atoms with Crippen LogP contribution in [-0.4, -0.2) is 37.1 Å². The molecule has 27 heavy (non-hydrogen) atoms. The standard InChI is InChI=1S/C20H22N2O5/c1-26-18-14-15(5-8-17(18)23)6-9-19(24)21-11-3-12-22-20(25)10-7-16-4-2-13-27-16/h2,4-10,13-14,23H,3,11-12H2,1H3,(H,21,24)(H,22,25). The predicted octanol–water partition coefficient (Wildman–Crippen LogP) is 2.34. The number of furan rings is 1. The predicted molar refractivity (Wildman–Crippen MR) is 102 cm³/mol. The number of hydrogen-bond donors (Lipinski definition) is 3. The maximum atomic E-state index is 11.8. The molecule has 0 aliphatic carbocycles. The first kappa shape index (κ1) is 19.8. The van der Waals surface area contributed by atoms with Gasteiger partial charge in [0.25, 0.3) is 0 Å². The van der Waals surface area contributed by atoms with Gasteiger partial charge in [0.1, 0.15) is 5.76 Å². The lowest BCUT2D eigenvalue weighted by atomic mass is 10.2. The van der Waals surface area contributed by atoms with Gasteiger partial charge < -0.3 is 24.9 Å². The van der Waals surface area contributed by atoms with Crippen LogP contribution in [0.3, 0.4) is 0 Å². The smallest absolute Gasteiger partial charge is 0.244 e. The van der Waals surface area contributed by atoms with Gasteiger partial charge in [-0.1, -0.05) is 6.07 Å². The summed E-state index contributed by atoms with van der Waals surface area (Å²) < 4.78 is 10.1. The fraction of sp³-hybridized carbons (Fsp3) is 0.200. The van der Waals surface area contributed by atoms with E-state index < -0.39 is 0 Å². The van der Waals surface area contributed by atoms with Gasteiger partial charge in [-0.25, -0.2) is 0 Å². The number of carbonyl (C=O) groups excluding carboxylic acids is 2. The second-order valence-electron chi connectivity index (χ2n) is 5.55. The number of phenols is 1. The quantitative estimate of drug-likeness (QED) is 0.465. The van der Waals surface area contributed by atoms with Gasteiger partial charge in [-0.05, 0) is 48.4 Å². The first-order valence-corrected chi connectivity index (χ1v) is 8.41. The van der Waals surface area contributed by atoms with Gasteiger partial charge in [-0.3, -0.25) is 9.59 Å². The maximum Gasteiger partial charge on any atom is 0.244 e. The van der Waals surface area contributed by atoms with Crippen molar-refractivity contribution in [1.29, 1.82) is 0 Å². The normalized spacial score (nSPS) is 11.0. The van der Waals surface area contributed by atoms with Crippen LogP contribution in [0, 0.1) is 0 Å². The third kappa shape index (κ3) is 7.11. The summed E-state index contributed by atoms with van der Waals surface area (Å²) in [6, 6.07) is 8.30. The topological polar surface area (TPSA) is 101 Å². The number of ether oxygens (including phenoxy) is 1. The van der Waals surface area contributed by atoms with Crippen molar-refractivity contribution in [1.82, 2.24) is 10.6 Å². The highest BCUT2D eigenvalue weighted by Crippen LogP contribution is 2.26. The van der Waals surface area contributed by atoms with Gasteiger partial charge in [-0.2, -0.15) is 0 Å². The van der Waals surface area contributed by atoms with Crippen LogP contribution in [0.2, 0.25) is 0 Å². The van der Waals surface area contributed by atoms with Crippen LogP contribution in [0.15, 0.2) is 53.2 Å². The molecule has 0 radical (unpaired) electrons. The average Bonchev–Trinajstić information content (AvgIpc) is 3.19. The summed E-state index contributed by atoms with van der Waals surface area (Å²) in [5, 5.41) is 15.0. The molecule has 2 amide bonds. The van der Waals surface area contributed by atoms with Gasteiger partial charge in [0.15, 0.2) is 11.5 Å². The summed E-state index contributed by atoms with van der Waals surface area (Å²) in [5.41, 5.74) is 0.732. The largest absolute Gasteiger partial charge is 0.504 e. The van der Waals surface area contributed by atoms with Gasteiger partial charge in [0, 0.05) is 25.2 Å². The molecule has 1 aromatic heterocycles. The fourth-order valence-electron chi connectivity index (χ4n) is 2.14. The fourth-order valence-corrected chi connectivity index (χ4v) is 2.14. The molecule has 142 valence electrons. The second kappa shape index (κ2) is 10.5. The minimum absolute atomic E-state index is 0.0418. The molecule has 0 spiro atoms. The number of methoxy groups -OCH3 is 1. The van der Waals surface area contributed by atoms with Gasteiger partial charge in [0.2, 0.25) is 11.8 Å². The molecule has 3 N–H and O–H groups in total. The molecule has 2 rings (SSSR count). The van der Waals surface area contributed by atoms with Gasteiger partial charge >= 0.3 is 0 Å². The summed E-state index contributed by atoms with van der Waals surface area (Å²) in [5.74, 6) is 0.523. The first-order valence-electron chi connectivity index (χ1n) is 8.41. The van der Waals surface area contributed by atoms with E-state index in [0.717, 1.165) is 5.56 Å². The Bertz CT molecular complexity index is 810. The molecule has 0 atom stereocenters. The summed E-state index contributed by atoms with van der Waals surface area (Å²) in [6.45, 7) is 0.880. The lowest BCUT2D eigenvalue weighted by Gasteiger charge is -2.04. The molecule has 0 aliphatic heterocycles. The van der Waals surface area contributed by atoms with Crippen LogP contribution in [0.5, 0.6) is 11.5 Å². The number of carbonyl (C=O) groups is 2. The van der Waals surface area contributed by atoms with E-state index in [0.29, 0.717) is 31.0 Å². The zero-order valence-corrected chi connectivity index (χ0v) is 15.0. The molecule has 7 heteroatoms. The molecule has 1 aromatic carbocycles. The Morgan fingerprint density at radius 1 is 1.11 bits per heavy atom. The highest BCUT2D eigenvalue weighted by atomic mass is 16.5. The lowest BCUT2D eigenvalue weighted by molar-refractivity contribution is -0.116. The second-order valence-corrected chi connectivity index (χ2v) is 5.55. The van der Waals surface area contributed by atoms with Crippen molar-refractivity contribution in [3.8, 4) is 11.5 Å². The van der Waals surface area contributed by atoms with Crippen molar-refractivity contribution in [2.75, 3.05) is 20.2 Å². The Labute approximate surface area is 157 Å².